The molecule has 0 unspecified atom stereocenters. The van der Waals surface area contributed by atoms with Crippen LogP contribution in [0.25, 0.3) is 5.70 Å². The molecule has 0 amide bonds. The van der Waals surface area contributed by atoms with Crippen molar-refractivity contribution in [2.24, 2.45) is 5.10 Å². The van der Waals surface area contributed by atoms with Gasteiger partial charge in [-0.1, -0.05) is 18.7 Å². The number of methoxy groups -OCH3 is 1. The first-order chi connectivity index (χ1) is 10.9. The number of hydrogen-bond donors (Lipinski definition) is 0. The van der Waals surface area contributed by atoms with Crippen molar-refractivity contribution in [2.75, 3.05) is 12.1 Å². The van der Waals surface area contributed by atoms with E-state index in [9.17, 15) is 13.2 Å². The molecule has 1 aromatic carbocycles. The lowest BCUT2D eigenvalue weighted by Crippen LogP contribution is -2.16. The molecule has 120 valence electrons. The zero-order chi connectivity index (χ0) is 17.0. The molecule has 0 bridgehead atoms. The third kappa shape index (κ3) is 3.65. The summed E-state index contributed by atoms with van der Waals surface area (Å²) in [6.45, 7) is 7.18. The fourth-order valence-corrected chi connectivity index (χ4v) is 1.84. The van der Waals surface area contributed by atoms with Crippen LogP contribution in [0.15, 0.2) is 48.2 Å². The van der Waals surface area contributed by atoms with Crippen LogP contribution in [0, 0.1) is 0 Å². The van der Waals surface area contributed by atoms with Crippen LogP contribution in [0.5, 0.6) is 6.01 Å². The van der Waals surface area contributed by atoms with Gasteiger partial charge in [-0.25, -0.2) is 9.99 Å². The molecular weight excluding hydrogens is 309 g/mol. The minimum atomic E-state index is -4.44. The van der Waals surface area contributed by atoms with Crippen molar-refractivity contribution < 1.29 is 17.9 Å². The Kier molecular flexibility index (Phi) is 4.63. The minimum Gasteiger partial charge on any atom is -0.467 e. The van der Waals surface area contributed by atoms with E-state index in [1.807, 2.05) is 0 Å². The van der Waals surface area contributed by atoms with Gasteiger partial charge in [0.1, 0.15) is 0 Å². The highest BCUT2D eigenvalue weighted by molar-refractivity contribution is 5.76. The van der Waals surface area contributed by atoms with Crippen molar-refractivity contribution in [2.45, 2.75) is 6.18 Å². The van der Waals surface area contributed by atoms with Crippen LogP contribution in [0.4, 0.5) is 19.0 Å². The zero-order valence-electron chi connectivity index (χ0n) is 12.2. The lowest BCUT2D eigenvalue weighted by molar-refractivity contribution is -0.137. The molecule has 1 aromatic heterocycles. The van der Waals surface area contributed by atoms with Gasteiger partial charge >= 0.3 is 12.2 Å². The normalized spacial score (nSPS) is 11.0. The van der Waals surface area contributed by atoms with E-state index in [-0.39, 0.29) is 23.1 Å². The molecule has 0 atom stereocenters. The smallest absolute Gasteiger partial charge is 0.416 e. The molecule has 0 aliphatic heterocycles. The summed E-state index contributed by atoms with van der Waals surface area (Å²) in [6.07, 6.45) is -3.01. The maximum atomic E-state index is 12.8. The molecule has 0 spiro atoms. The number of alkyl halides is 3. The van der Waals surface area contributed by atoms with Gasteiger partial charge in [-0.05, 0) is 12.1 Å². The molecule has 0 N–H and O–H groups in total. The number of hydrogen-bond acceptors (Lipinski definition) is 5. The molecule has 8 heteroatoms. The summed E-state index contributed by atoms with van der Waals surface area (Å²) in [6, 6.07) is 6.36. The van der Waals surface area contributed by atoms with Gasteiger partial charge in [0, 0.05) is 24.5 Å². The molecule has 0 saturated heterocycles. The van der Waals surface area contributed by atoms with Gasteiger partial charge in [0.05, 0.1) is 18.4 Å². The van der Waals surface area contributed by atoms with Crippen LogP contribution in [0.3, 0.4) is 0 Å². The maximum absolute atomic E-state index is 12.8. The molecule has 23 heavy (non-hydrogen) atoms. The van der Waals surface area contributed by atoms with Gasteiger partial charge in [0.25, 0.3) is 0 Å². The molecule has 0 radical (unpaired) electrons. The first-order valence-electron chi connectivity index (χ1n) is 6.37. The molecule has 2 aromatic rings. The summed E-state index contributed by atoms with van der Waals surface area (Å²) in [5.41, 5.74) is -0.350. The number of anilines is 1. The van der Waals surface area contributed by atoms with Gasteiger partial charge in [-0.3, -0.25) is 0 Å². The van der Waals surface area contributed by atoms with Gasteiger partial charge in [-0.2, -0.15) is 23.3 Å². The van der Waals surface area contributed by atoms with Gasteiger partial charge in [-0.15, -0.1) is 0 Å². The number of nitrogens with zero attached hydrogens (tertiary/aromatic N) is 4. The Morgan fingerprint density at radius 2 is 2.04 bits per heavy atom. The Morgan fingerprint density at radius 1 is 1.30 bits per heavy atom. The molecule has 1 heterocycles. The summed E-state index contributed by atoms with van der Waals surface area (Å²) < 4.78 is 43.4. The van der Waals surface area contributed by atoms with E-state index < -0.39 is 11.7 Å². The molecule has 2 rings (SSSR count). The summed E-state index contributed by atoms with van der Waals surface area (Å²) in [7, 11) is 1.40. The highest BCUT2D eigenvalue weighted by Crippen LogP contribution is 2.32. The van der Waals surface area contributed by atoms with Gasteiger partial charge in [0.15, 0.2) is 5.82 Å². The first kappa shape index (κ1) is 16.5. The molecular formula is C15H13F3N4O. The fourth-order valence-electron chi connectivity index (χ4n) is 1.84. The van der Waals surface area contributed by atoms with Crippen molar-refractivity contribution in [3.8, 4) is 6.01 Å². The Hall–Kier alpha value is -2.90. The van der Waals surface area contributed by atoms with Crippen LogP contribution in [-0.2, 0) is 6.18 Å². The third-order valence-electron chi connectivity index (χ3n) is 2.94. The van der Waals surface area contributed by atoms with Crippen molar-refractivity contribution in [1.29, 1.82) is 0 Å². The van der Waals surface area contributed by atoms with E-state index >= 15 is 0 Å². The molecule has 0 aliphatic carbocycles. The molecule has 0 saturated carbocycles. The quantitative estimate of drug-likeness (QED) is 0.623. The van der Waals surface area contributed by atoms with E-state index in [4.69, 9.17) is 4.74 Å². The Bertz CT molecular complexity index is 731. The highest BCUT2D eigenvalue weighted by atomic mass is 19.4. The predicted molar refractivity (Wildman–Crippen MR) is 81.1 cm³/mol. The number of aromatic nitrogens is 2. The van der Waals surface area contributed by atoms with E-state index in [2.05, 4.69) is 28.4 Å². The predicted octanol–water partition coefficient (Wildman–Crippen LogP) is 3.60. The van der Waals surface area contributed by atoms with E-state index in [0.717, 1.165) is 12.1 Å². The largest absolute Gasteiger partial charge is 0.467 e. The molecule has 0 aliphatic rings. The van der Waals surface area contributed by atoms with E-state index in [1.54, 1.807) is 0 Å². The summed E-state index contributed by atoms with van der Waals surface area (Å²) in [5, 5.41) is 4.97. The number of hydrazone groups is 1. The van der Waals surface area contributed by atoms with Crippen LogP contribution in [-0.4, -0.2) is 23.8 Å². The number of halogens is 3. The second-order valence-electron chi connectivity index (χ2n) is 4.38. The Labute approximate surface area is 130 Å². The fraction of sp³-hybridized carbons (Fsp3) is 0.133. The first-order valence-corrected chi connectivity index (χ1v) is 6.37. The summed E-state index contributed by atoms with van der Waals surface area (Å²) >= 11 is 0. The number of benzene rings is 1. The zero-order valence-corrected chi connectivity index (χ0v) is 12.2. The Morgan fingerprint density at radius 3 is 2.65 bits per heavy atom. The van der Waals surface area contributed by atoms with Crippen LogP contribution >= 0.6 is 0 Å². The van der Waals surface area contributed by atoms with E-state index in [1.165, 1.54) is 36.5 Å². The average Bonchev–Trinajstić information content (AvgIpc) is 2.55. The van der Waals surface area contributed by atoms with Crippen molar-refractivity contribution >= 4 is 18.2 Å². The number of ether oxygens (including phenoxy) is 1. The van der Waals surface area contributed by atoms with Crippen molar-refractivity contribution in [3.05, 3.63) is 54.2 Å². The summed E-state index contributed by atoms with van der Waals surface area (Å²) in [4.78, 5) is 7.91. The lowest BCUT2D eigenvalue weighted by atomic mass is 10.1. The highest BCUT2D eigenvalue weighted by Gasteiger charge is 2.30. The standard InChI is InChI=1S/C15H13F3N4O/c1-10(11-5-4-6-12(9-11)15(16,17)18)22(19-2)13-7-8-20-14(21-13)23-3/h4-9H,1-2H2,3H3. The minimum absolute atomic E-state index is 0.0907. The van der Waals surface area contributed by atoms with E-state index in [0.29, 0.717) is 0 Å². The van der Waals surface area contributed by atoms with Crippen LogP contribution < -0.4 is 9.75 Å². The second-order valence-corrected chi connectivity index (χ2v) is 4.38. The maximum Gasteiger partial charge on any atom is 0.416 e. The van der Waals surface area contributed by atoms with Gasteiger partial charge < -0.3 is 4.74 Å². The lowest BCUT2D eigenvalue weighted by Gasteiger charge is -2.20. The van der Waals surface area contributed by atoms with Crippen LogP contribution in [0.2, 0.25) is 0 Å². The third-order valence-corrected chi connectivity index (χ3v) is 2.94. The topological polar surface area (TPSA) is 50.6 Å². The van der Waals surface area contributed by atoms with Gasteiger partial charge in [0.2, 0.25) is 0 Å². The SMILES string of the molecule is C=NN(C(=C)c1cccc(C(F)(F)F)c1)c1ccnc(OC)n1. The van der Waals surface area contributed by atoms with Crippen LogP contribution in [0.1, 0.15) is 11.1 Å². The molecule has 5 nitrogen and oxygen atoms in total. The van der Waals surface area contributed by atoms with Crippen molar-refractivity contribution in [1.82, 2.24) is 9.97 Å². The second kappa shape index (κ2) is 6.47. The summed E-state index contributed by atoms with van der Waals surface area (Å²) in [5.74, 6) is 0.272. The molecule has 0 fully saturated rings. The monoisotopic (exact) mass is 322 g/mol. The Balaban J connectivity index is 2.39. The van der Waals surface area contributed by atoms with Crippen molar-refractivity contribution in [3.63, 3.8) is 0 Å². The average molecular weight is 322 g/mol. The number of rotatable bonds is 5.